The maximum atomic E-state index is 13.0. The van der Waals surface area contributed by atoms with Gasteiger partial charge in [-0.05, 0) is 17.5 Å². The van der Waals surface area contributed by atoms with Crippen molar-refractivity contribution in [2.45, 2.75) is 0 Å². The van der Waals surface area contributed by atoms with E-state index in [0.29, 0.717) is 11.0 Å². The van der Waals surface area contributed by atoms with Gasteiger partial charge in [0.05, 0.1) is 0 Å². The quantitative estimate of drug-likeness (QED) is 0.425. The van der Waals surface area contributed by atoms with Gasteiger partial charge in [0.15, 0.2) is 16.8 Å². The van der Waals surface area contributed by atoms with E-state index < -0.39 is 11.2 Å². The highest BCUT2D eigenvalue weighted by Crippen LogP contribution is 2.32. The van der Waals surface area contributed by atoms with Gasteiger partial charge in [0.2, 0.25) is 0 Å². The number of H-pyrrole nitrogens is 2. The van der Waals surface area contributed by atoms with Crippen LogP contribution >= 0.6 is 15.9 Å². The molecule has 0 saturated heterocycles. The zero-order chi connectivity index (χ0) is 16.6. The molecule has 3 aromatic heterocycles. The van der Waals surface area contributed by atoms with Gasteiger partial charge in [0.1, 0.15) is 0 Å². The van der Waals surface area contributed by atoms with Crippen LogP contribution in [0.25, 0.3) is 38.4 Å². The monoisotopic (exact) mass is 382 g/mol. The van der Waals surface area contributed by atoms with Gasteiger partial charge >= 0.3 is 5.69 Å². The molecule has 0 unspecified atom stereocenters. The fraction of sp³-hybridized carbons (Fsp3) is 0. The Morgan fingerprint density at radius 3 is 2.58 bits per heavy atom. The first-order valence-corrected chi connectivity index (χ1v) is 7.87. The van der Waals surface area contributed by atoms with Crippen molar-refractivity contribution in [3.05, 3.63) is 66.0 Å². The van der Waals surface area contributed by atoms with E-state index in [1.54, 1.807) is 12.1 Å². The Kier molecular flexibility index (Phi) is 2.41. The predicted octanol–water partition coefficient (Wildman–Crippen LogP) is 1.73. The minimum absolute atomic E-state index is 0.0418. The first-order chi connectivity index (χ1) is 11.6. The summed E-state index contributed by atoms with van der Waals surface area (Å²) in [6.45, 7) is 0. The molecule has 5 aromatic rings. The molecule has 7 nitrogen and oxygen atoms in total. The van der Waals surface area contributed by atoms with Crippen LogP contribution in [0.15, 0.2) is 49.2 Å². The molecule has 0 aliphatic rings. The number of imidazole rings is 1. The molecule has 0 spiro atoms. The van der Waals surface area contributed by atoms with Crippen LogP contribution in [-0.4, -0.2) is 19.4 Å². The Balaban J connectivity index is 2.26. The van der Waals surface area contributed by atoms with Crippen LogP contribution in [0.2, 0.25) is 0 Å². The van der Waals surface area contributed by atoms with Gasteiger partial charge in [0.25, 0.3) is 11.1 Å². The minimum atomic E-state index is -0.658. The molecule has 2 N–H and O–H groups in total. The van der Waals surface area contributed by atoms with Gasteiger partial charge in [-0.1, -0.05) is 34.1 Å². The molecule has 0 radical (unpaired) electrons. The first-order valence-electron chi connectivity index (χ1n) is 7.07. The third-order valence-corrected chi connectivity index (χ3v) is 4.90. The third-order valence-electron chi connectivity index (χ3n) is 4.21. The van der Waals surface area contributed by atoms with Crippen LogP contribution in [-0.2, 0) is 0 Å². The predicted molar refractivity (Wildman–Crippen MR) is 94.1 cm³/mol. The maximum absolute atomic E-state index is 13.0. The summed E-state index contributed by atoms with van der Waals surface area (Å²) in [5.41, 5.74) is -1.17. The summed E-state index contributed by atoms with van der Waals surface area (Å²) < 4.78 is 2.13. The Morgan fingerprint density at radius 1 is 0.958 bits per heavy atom. The van der Waals surface area contributed by atoms with Crippen molar-refractivity contribution in [1.82, 2.24) is 19.4 Å². The number of rotatable bonds is 0. The van der Waals surface area contributed by atoms with E-state index in [2.05, 4.69) is 30.9 Å². The fourth-order valence-corrected chi connectivity index (χ4v) is 3.72. The van der Waals surface area contributed by atoms with Crippen LogP contribution in [0, 0.1) is 0 Å². The van der Waals surface area contributed by atoms with Crippen molar-refractivity contribution >= 4 is 54.3 Å². The van der Waals surface area contributed by atoms with Crippen molar-refractivity contribution in [2.75, 3.05) is 0 Å². The standard InChI is InChI=1S/C16H7BrN4O3/c17-9-5-4-8-10-6(9)2-1-3-7(10)13-18-12-11(21(13)15(8)23)14(22)20-16(24)19-12/h1-5H,(H2,19,20,22,24). The highest BCUT2D eigenvalue weighted by molar-refractivity contribution is 9.10. The first kappa shape index (κ1) is 13.4. The average molecular weight is 383 g/mol. The number of aromatic nitrogens is 4. The van der Waals surface area contributed by atoms with Crippen LogP contribution in [0.5, 0.6) is 0 Å². The number of pyridine rings is 1. The summed E-state index contributed by atoms with van der Waals surface area (Å²) >= 11 is 3.49. The Hall–Kier alpha value is -3.00. The largest absolute Gasteiger partial charge is 0.327 e. The van der Waals surface area contributed by atoms with Crippen molar-refractivity contribution in [1.29, 1.82) is 0 Å². The second-order valence-electron chi connectivity index (χ2n) is 5.50. The molecular weight excluding hydrogens is 376 g/mol. The van der Waals surface area contributed by atoms with Gasteiger partial charge < -0.3 is 0 Å². The summed E-state index contributed by atoms with van der Waals surface area (Å²) in [5.74, 6) is 0. The second kappa shape index (κ2) is 4.30. The Bertz CT molecular complexity index is 1480. The zero-order valence-corrected chi connectivity index (χ0v) is 13.5. The van der Waals surface area contributed by atoms with Crippen molar-refractivity contribution in [2.24, 2.45) is 0 Å². The van der Waals surface area contributed by atoms with E-state index in [1.165, 1.54) is 4.40 Å². The van der Waals surface area contributed by atoms with Crippen LogP contribution in [0.3, 0.4) is 0 Å². The molecule has 8 heteroatoms. The van der Waals surface area contributed by atoms with Gasteiger partial charge in [-0.15, -0.1) is 0 Å². The van der Waals surface area contributed by atoms with E-state index in [4.69, 9.17) is 0 Å². The van der Waals surface area contributed by atoms with Gasteiger partial charge in [0, 0.05) is 20.6 Å². The molecule has 0 atom stereocenters. The lowest BCUT2D eigenvalue weighted by molar-refractivity contribution is 1.06. The number of nitrogens with one attached hydrogen (secondary N) is 2. The summed E-state index contributed by atoms with van der Waals surface area (Å²) in [4.78, 5) is 45.6. The molecule has 0 amide bonds. The molecule has 0 bridgehead atoms. The van der Waals surface area contributed by atoms with Crippen molar-refractivity contribution in [3.63, 3.8) is 0 Å². The summed E-state index contributed by atoms with van der Waals surface area (Å²) in [5, 5.41) is 2.89. The lowest BCUT2D eigenvalue weighted by Crippen LogP contribution is -2.24. The van der Waals surface area contributed by atoms with Gasteiger partial charge in [-0.25, -0.2) is 9.78 Å². The van der Waals surface area contributed by atoms with E-state index in [9.17, 15) is 14.4 Å². The number of nitrogens with zero attached hydrogens (tertiary/aromatic N) is 2. The van der Waals surface area contributed by atoms with E-state index in [0.717, 1.165) is 20.6 Å². The number of fused-ring (bicyclic) bond motifs is 4. The zero-order valence-electron chi connectivity index (χ0n) is 11.9. The second-order valence-corrected chi connectivity index (χ2v) is 6.36. The Labute approximate surface area is 140 Å². The van der Waals surface area contributed by atoms with E-state index >= 15 is 0 Å². The summed E-state index contributed by atoms with van der Waals surface area (Å²) in [7, 11) is 0. The van der Waals surface area contributed by atoms with Crippen LogP contribution in [0.1, 0.15) is 0 Å². The topological polar surface area (TPSA) is 100 Å². The molecule has 3 heterocycles. The van der Waals surface area contributed by atoms with E-state index in [1.807, 2.05) is 18.2 Å². The lowest BCUT2D eigenvalue weighted by Gasteiger charge is -2.08. The number of aromatic amines is 2. The molecule has 0 aliphatic heterocycles. The maximum Gasteiger partial charge on any atom is 0.327 e. The molecule has 0 aliphatic carbocycles. The highest BCUT2D eigenvalue weighted by Gasteiger charge is 2.18. The number of benzene rings is 2. The average Bonchev–Trinajstić information content (AvgIpc) is 2.93. The molecule has 24 heavy (non-hydrogen) atoms. The SMILES string of the molecule is O=c1[nH]c(=O)c2c(nc3c4cccc5c(Br)ccc(c(=O)n32)c54)[nH]1. The third kappa shape index (κ3) is 1.50. The molecule has 2 aromatic carbocycles. The summed E-state index contributed by atoms with van der Waals surface area (Å²) in [6.07, 6.45) is 0. The van der Waals surface area contributed by atoms with E-state index in [-0.39, 0.29) is 16.7 Å². The molecule has 0 fully saturated rings. The molecule has 0 saturated carbocycles. The Morgan fingerprint density at radius 2 is 1.75 bits per heavy atom. The molecular formula is C16H7BrN4O3. The summed E-state index contributed by atoms with van der Waals surface area (Å²) in [6, 6.07) is 9.13. The van der Waals surface area contributed by atoms with Gasteiger partial charge in [-0.3, -0.25) is 24.0 Å². The van der Waals surface area contributed by atoms with Crippen LogP contribution in [0.4, 0.5) is 0 Å². The molecule has 116 valence electrons. The van der Waals surface area contributed by atoms with Gasteiger partial charge in [-0.2, -0.15) is 0 Å². The fourth-order valence-electron chi connectivity index (χ4n) is 3.25. The smallest absolute Gasteiger partial charge is 0.290 e. The number of hydrogen-bond acceptors (Lipinski definition) is 4. The van der Waals surface area contributed by atoms with Crippen LogP contribution < -0.4 is 16.8 Å². The minimum Gasteiger partial charge on any atom is -0.290 e. The molecule has 5 rings (SSSR count). The van der Waals surface area contributed by atoms with Crippen molar-refractivity contribution in [3.8, 4) is 0 Å². The normalized spacial score (nSPS) is 12.0. The highest BCUT2D eigenvalue weighted by atomic mass is 79.9. The van der Waals surface area contributed by atoms with Crippen molar-refractivity contribution < 1.29 is 0 Å². The number of hydrogen-bond donors (Lipinski definition) is 2. The number of halogens is 1. The lowest BCUT2D eigenvalue weighted by atomic mass is 10.0.